The van der Waals surface area contributed by atoms with E-state index in [9.17, 15) is 8.42 Å². The third kappa shape index (κ3) is 3.54. The molecule has 1 aromatic rings. The maximum atomic E-state index is 12.0. The van der Waals surface area contributed by atoms with E-state index in [-0.39, 0.29) is 4.83 Å². The van der Waals surface area contributed by atoms with Crippen LogP contribution in [0.1, 0.15) is 23.2 Å². The molecule has 1 unspecified atom stereocenters. The summed E-state index contributed by atoms with van der Waals surface area (Å²) in [6.45, 7) is 1.63. The molecule has 0 aliphatic carbocycles. The summed E-state index contributed by atoms with van der Waals surface area (Å²) in [6.07, 6.45) is 1.91. The van der Waals surface area contributed by atoms with Gasteiger partial charge in [-0.05, 0) is 18.4 Å². The summed E-state index contributed by atoms with van der Waals surface area (Å²) in [5.74, 6) is 0. The number of alkyl halides is 1. The predicted octanol–water partition coefficient (Wildman–Crippen LogP) is 2.05. The van der Waals surface area contributed by atoms with Gasteiger partial charge in [0, 0.05) is 19.6 Å². The Bertz CT molecular complexity index is 472. The molecule has 0 saturated carbocycles. The van der Waals surface area contributed by atoms with Crippen molar-refractivity contribution in [3.63, 3.8) is 0 Å². The van der Waals surface area contributed by atoms with Crippen molar-refractivity contribution < 1.29 is 8.42 Å². The van der Waals surface area contributed by atoms with Gasteiger partial charge in [0.25, 0.3) is 10.2 Å². The van der Waals surface area contributed by atoms with Crippen LogP contribution in [0.2, 0.25) is 0 Å². The first-order valence-electron chi connectivity index (χ1n) is 6.03. The summed E-state index contributed by atoms with van der Waals surface area (Å²) in [7, 11) is -3.31. The zero-order valence-electron chi connectivity index (χ0n) is 10.0. The first-order chi connectivity index (χ1) is 8.59. The molecule has 1 aliphatic heterocycles. The Morgan fingerprint density at radius 1 is 1.22 bits per heavy atom. The van der Waals surface area contributed by atoms with Crippen LogP contribution in [-0.4, -0.2) is 32.4 Å². The summed E-state index contributed by atoms with van der Waals surface area (Å²) >= 11 is 3.50. The van der Waals surface area contributed by atoms with E-state index in [4.69, 9.17) is 0 Å². The Labute approximate surface area is 117 Å². The lowest BCUT2D eigenvalue weighted by Crippen LogP contribution is -2.40. The zero-order chi connectivity index (χ0) is 13.0. The number of hydrogen-bond donors (Lipinski definition) is 1. The minimum Gasteiger partial charge on any atom is -0.201 e. The largest absolute Gasteiger partial charge is 0.279 e. The lowest BCUT2D eigenvalue weighted by molar-refractivity contribution is 0.465. The maximum absolute atomic E-state index is 12.0. The number of halogens is 1. The summed E-state index contributed by atoms with van der Waals surface area (Å²) in [5.41, 5.74) is 1.07. The van der Waals surface area contributed by atoms with E-state index in [0.29, 0.717) is 19.6 Å². The number of hydrogen-bond acceptors (Lipinski definition) is 2. The smallest absolute Gasteiger partial charge is 0.201 e. The van der Waals surface area contributed by atoms with Crippen molar-refractivity contribution in [2.24, 2.45) is 0 Å². The van der Waals surface area contributed by atoms with E-state index in [2.05, 4.69) is 20.7 Å². The van der Waals surface area contributed by atoms with Gasteiger partial charge in [-0.2, -0.15) is 12.7 Å². The molecule has 100 valence electrons. The first-order valence-corrected chi connectivity index (χ1v) is 8.39. The molecule has 18 heavy (non-hydrogen) atoms. The van der Waals surface area contributed by atoms with Crippen molar-refractivity contribution >= 4 is 26.1 Å². The Morgan fingerprint density at radius 2 is 1.83 bits per heavy atom. The maximum Gasteiger partial charge on any atom is 0.279 e. The SMILES string of the molecule is O=S(=O)(NCC(Br)c1ccccc1)N1CCCC1. The van der Waals surface area contributed by atoms with Crippen molar-refractivity contribution in [3.05, 3.63) is 35.9 Å². The topological polar surface area (TPSA) is 49.4 Å². The van der Waals surface area contributed by atoms with Gasteiger partial charge in [-0.15, -0.1) is 0 Å². The Hall–Kier alpha value is -0.430. The van der Waals surface area contributed by atoms with Gasteiger partial charge >= 0.3 is 0 Å². The van der Waals surface area contributed by atoms with Crippen LogP contribution in [0.25, 0.3) is 0 Å². The van der Waals surface area contributed by atoms with Crippen LogP contribution in [0, 0.1) is 0 Å². The van der Waals surface area contributed by atoms with Gasteiger partial charge in [-0.1, -0.05) is 46.3 Å². The average Bonchev–Trinajstić information content (AvgIpc) is 2.92. The average molecular weight is 333 g/mol. The van der Waals surface area contributed by atoms with Crippen molar-refractivity contribution in [2.45, 2.75) is 17.7 Å². The molecule has 0 radical (unpaired) electrons. The summed E-state index contributed by atoms with van der Waals surface area (Å²) in [5, 5.41) is 0. The molecule has 1 atom stereocenters. The fourth-order valence-electron chi connectivity index (χ4n) is 1.98. The molecule has 2 rings (SSSR count). The van der Waals surface area contributed by atoms with Gasteiger partial charge in [0.1, 0.15) is 0 Å². The molecule has 4 nitrogen and oxygen atoms in total. The van der Waals surface area contributed by atoms with E-state index in [1.165, 1.54) is 4.31 Å². The van der Waals surface area contributed by atoms with Crippen LogP contribution in [0.3, 0.4) is 0 Å². The second-order valence-electron chi connectivity index (χ2n) is 4.34. The van der Waals surface area contributed by atoms with E-state index in [1.54, 1.807) is 0 Å². The molecule has 6 heteroatoms. The molecule has 1 N–H and O–H groups in total. The first kappa shape index (κ1) is 14.0. The van der Waals surface area contributed by atoms with Crippen molar-refractivity contribution in [1.82, 2.24) is 9.03 Å². The molecule has 0 spiro atoms. The number of nitrogens with one attached hydrogen (secondary N) is 1. The molecular weight excluding hydrogens is 316 g/mol. The lowest BCUT2D eigenvalue weighted by atomic mass is 10.2. The van der Waals surface area contributed by atoms with Crippen LogP contribution < -0.4 is 4.72 Å². The van der Waals surface area contributed by atoms with Crippen LogP contribution in [0.5, 0.6) is 0 Å². The number of benzene rings is 1. The Kier molecular flexibility index (Phi) is 4.77. The van der Waals surface area contributed by atoms with Gasteiger partial charge in [0.2, 0.25) is 0 Å². The van der Waals surface area contributed by atoms with Crippen molar-refractivity contribution in [1.29, 1.82) is 0 Å². The van der Waals surface area contributed by atoms with E-state index < -0.39 is 10.2 Å². The lowest BCUT2D eigenvalue weighted by Gasteiger charge is -2.18. The van der Waals surface area contributed by atoms with Gasteiger partial charge in [-0.25, -0.2) is 4.72 Å². The number of rotatable bonds is 5. The quantitative estimate of drug-likeness (QED) is 0.839. The monoisotopic (exact) mass is 332 g/mol. The summed E-state index contributed by atoms with van der Waals surface area (Å²) < 4.78 is 28.1. The second kappa shape index (κ2) is 6.14. The highest BCUT2D eigenvalue weighted by molar-refractivity contribution is 9.09. The highest BCUT2D eigenvalue weighted by atomic mass is 79.9. The second-order valence-corrected chi connectivity index (χ2v) is 7.20. The Morgan fingerprint density at radius 3 is 2.44 bits per heavy atom. The van der Waals surface area contributed by atoms with Gasteiger partial charge < -0.3 is 0 Å². The van der Waals surface area contributed by atoms with Crippen molar-refractivity contribution in [3.8, 4) is 0 Å². The highest BCUT2D eigenvalue weighted by Gasteiger charge is 2.25. The van der Waals surface area contributed by atoms with Gasteiger partial charge in [-0.3, -0.25) is 0 Å². The Balaban J connectivity index is 1.91. The minimum absolute atomic E-state index is 0.00363. The highest BCUT2D eigenvalue weighted by Crippen LogP contribution is 2.22. The summed E-state index contributed by atoms with van der Waals surface area (Å²) in [4.78, 5) is -0.00363. The van der Waals surface area contributed by atoms with E-state index in [1.807, 2.05) is 30.3 Å². The fraction of sp³-hybridized carbons (Fsp3) is 0.500. The van der Waals surface area contributed by atoms with E-state index in [0.717, 1.165) is 18.4 Å². The van der Waals surface area contributed by atoms with Crippen LogP contribution >= 0.6 is 15.9 Å². The molecule has 0 aromatic heterocycles. The minimum atomic E-state index is -3.31. The van der Waals surface area contributed by atoms with Gasteiger partial charge in [0.05, 0.1) is 4.83 Å². The fourth-order valence-corrected chi connectivity index (χ4v) is 3.96. The molecule has 1 aromatic carbocycles. The summed E-state index contributed by atoms with van der Waals surface area (Å²) in [6, 6.07) is 9.78. The van der Waals surface area contributed by atoms with Crippen molar-refractivity contribution in [2.75, 3.05) is 19.6 Å². The van der Waals surface area contributed by atoms with Crippen LogP contribution in [0.15, 0.2) is 30.3 Å². The third-order valence-corrected chi connectivity index (χ3v) is 5.44. The van der Waals surface area contributed by atoms with Crippen LogP contribution in [-0.2, 0) is 10.2 Å². The molecule has 1 heterocycles. The zero-order valence-corrected chi connectivity index (χ0v) is 12.5. The predicted molar refractivity (Wildman–Crippen MR) is 75.8 cm³/mol. The molecule has 0 amide bonds. The van der Waals surface area contributed by atoms with Gasteiger partial charge in [0.15, 0.2) is 0 Å². The molecular formula is C12H17BrN2O2S. The molecule has 0 bridgehead atoms. The number of nitrogens with zero attached hydrogens (tertiary/aromatic N) is 1. The molecule has 1 saturated heterocycles. The van der Waals surface area contributed by atoms with E-state index >= 15 is 0 Å². The third-order valence-electron chi connectivity index (χ3n) is 3.01. The molecule has 1 aliphatic rings. The van der Waals surface area contributed by atoms with Crippen LogP contribution in [0.4, 0.5) is 0 Å². The standard InChI is InChI=1S/C12H17BrN2O2S/c13-12(11-6-2-1-3-7-11)10-14-18(16,17)15-8-4-5-9-15/h1-3,6-7,12,14H,4-5,8-10H2. The molecule has 1 fully saturated rings. The normalized spacial score (nSPS) is 18.9.